The SMILES string of the molecule is O=C(Nc1nc(-c2ccccc2)cs1)c1ccc(F)cc1NC(=O)C(F)(F)c1ccccc1. The molecule has 0 spiro atoms. The summed E-state index contributed by atoms with van der Waals surface area (Å²) in [5.74, 6) is -7.11. The van der Waals surface area contributed by atoms with E-state index in [4.69, 9.17) is 0 Å². The van der Waals surface area contributed by atoms with E-state index in [1.54, 1.807) is 5.38 Å². The van der Waals surface area contributed by atoms with Crippen molar-refractivity contribution in [2.45, 2.75) is 5.92 Å². The van der Waals surface area contributed by atoms with E-state index >= 15 is 0 Å². The Balaban J connectivity index is 1.55. The zero-order valence-corrected chi connectivity index (χ0v) is 17.7. The fourth-order valence-corrected chi connectivity index (χ4v) is 3.75. The maximum atomic E-state index is 14.6. The Morgan fingerprint density at radius 2 is 1.55 bits per heavy atom. The molecule has 1 heterocycles. The molecule has 3 aromatic carbocycles. The number of halogens is 3. The van der Waals surface area contributed by atoms with E-state index in [1.165, 1.54) is 29.5 Å². The van der Waals surface area contributed by atoms with Crippen LogP contribution in [0.4, 0.5) is 24.0 Å². The average Bonchev–Trinajstić information content (AvgIpc) is 3.28. The van der Waals surface area contributed by atoms with Gasteiger partial charge in [-0.1, -0.05) is 60.7 Å². The molecule has 0 saturated heterocycles. The fourth-order valence-electron chi connectivity index (χ4n) is 3.03. The van der Waals surface area contributed by atoms with Gasteiger partial charge < -0.3 is 5.32 Å². The Kier molecular flexibility index (Phi) is 6.23. The standard InChI is InChI=1S/C24H16F3N3O2S/c25-17-11-12-18(19(13-17)28-22(32)24(26,27)16-9-5-2-6-10-16)21(31)30-23-29-20(14-33-23)15-7-3-1-4-8-15/h1-14H,(H,28,32)(H,29,30,31). The van der Waals surface area contributed by atoms with Gasteiger partial charge in [0.1, 0.15) is 5.82 Å². The summed E-state index contributed by atoms with van der Waals surface area (Å²) in [6.45, 7) is 0. The Morgan fingerprint density at radius 3 is 2.24 bits per heavy atom. The van der Waals surface area contributed by atoms with Crippen molar-refractivity contribution < 1.29 is 22.8 Å². The molecule has 5 nitrogen and oxygen atoms in total. The third-order valence-electron chi connectivity index (χ3n) is 4.69. The van der Waals surface area contributed by atoms with Crippen molar-refractivity contribution in [3.63, 3.8) is 0 Å². The van der Waals surface area contributed by atoms with E-state index in [0.717, 1.165) is 35.9 Å². The van der Waals surface area contributed by atoms with Gasteiger partial charge in [0.25, 0.3) is 11.8 Å². The smallest absolute Gasteiger partial charge is 0.320 e. The summed E-state index contributed by atoms with van der Waals surface area (Å²) in [5, 5.41) is 6.55. The minimum absolute atomic E-state index is 0.190. The first kappa shape index (κ1) is 22.2. The van der Waals surface area contributed by atoms with E-state index in [-0.39, 0.29) is 16.4 Å². The van der Waals surface area contributed by atoms with Crippen LogP contribution in [-0.4, -0.2) is 16.8 Å². The summed E-state index contributed by atoms with van der Waals surface area (Å²) in [6.07, 6.45) is 0. The molecule has 0 aliphatic carbocycles. The predicted octanol–water partition coefficient (Wildman–Crippen LogP) is 5.93. The normalized spacial score (nSPS) is 11.1. The average molecular weight is 467 g/mol. The van der Waals surface area contributed by atoms with E-state index in [9.17, 15) is 22.8 Å². The maximum Gasteiger partial charge on any atom is 0.350 e. The van der Waals surface area contributed by atoms with Gasteiger partial charge >= 0.3 is 5.92 Å². The van der Waals surface area contributed by atoms with Gasteiger partial charge in [0, 0.05) is 16.5 Å². The molecule has 9 heteroatoms. The van der Waals surface area contributed by atoms with Gasteiger partial charge in [-0.25, -0.2) is 9.37 Å². The third-order valence-corrected chi connectivity index (χ3v) is 5.45. The third kappa shape index (κ3) is 4.93. The topological polar surface area (TPSA) is 71.1 Å². The molecule has 0 unspecified atom stereocenters. The number of carbonyl (C=O) groups is 2. The predicted molar refractivity (Wildman–Crippen MR) is 121 cm³/mol. The number of hydrogen-bond donors (Lipinski definition) is 2. The molecule has 0 atom stereocenters. The Labute approximate surface area is 190 Å². The highest BCUT2D eigenvalue weighted by atomic mass is 32.1. The number of nitrogens with one attached hydrogen (secondary N) is 2. The van der Waals surface area contributed by atoms with Crippen LogP contribution in [0.2, 0.25) is 0 Å². The number of rotatable bonds is 6. The van der Waals surface area contributed by atoms with E-state index in [2.05, 4.69) is 10.3 Å². The number of thiazole rings is 1. The molecule has 33 heavy (non-hydrogen) atoms. The van der Waals surface area contributed by atoms with Crippen molar-refractivity contribution in [3.05, 3.63) is 101 Å². The van der Waals surface area contributed by atoms with E-state index in [0.29, 0.717) is 5.69 Å². The lowest BCUT2D eigenvalue weighted by atomic mass is 10.1. The van der Waals surface area contributed by atoms with Crippen LogP contribution in [0, 0.1) is 5.82 Å². The van der Waals surface area contributed by atoms with Crippen LogP contribution in [0.5, 0.6) is 0 Å². The van der Waals surface area contributed by atoms with Crippen molar-refractivity contribution in [2.75, 3.05) is 10.6 Å². The number of carbonyl (C=O) groups excluding carboxylic acids is 2. The monoisotopic (exact) mass is 467 g/mol. The van der Waals surface area contributed by atoms with Gasteiger partial charge in [-0.3, -0.25) is 14.9 Å². The highest BCUT2D eigenvalue weighted by Gasteiger charge is 2.41. The Hall–Kier alpha value is -3.98. The second-order valence-electron chi connectivity index (χ2n) is 6.94. The number of benzene rings is 3. The van der Waals surface area contributed by atoms with Crippen molar-refractivity contribution in [2.24, 2.45) is 0 Å². The van der Waals surface area contributed by atoms with Crippen molar-refractivity contribution in [1.29, 1.82) is 0 Å². The van der Waals surface area contributed by atoms with Crippen molar-refractivity contribution >= 4 is 34.0 Å². The van der Waals surface area contributed by atoms with Gasteiger partial charge in [-0.05, 0) is 18.2 Å². The number of nitrogens with zero attached hydrogens (tertiary/aromatic N) is 1. The molecule has 4 aromatic rings. The number of alkyl halides is 2. The quantitative estimate of drug-likeness (QED) is 0.369. The zero-order chi connectivity index (χ0) is 23.4. The Morgan fingerprint density at radius 1 is 0.879 bits per heavy atom. The lowest BCUT2D eigenvalue weighted by Gasteiger charge is -2.17. The molecule has 0 fully saturated rings. The zero-order valence-electron chi connectivity index (χ0n) is 16.9. The molecule has 0 saturated carbocycles. The second kappa shape index (κ2) is 9.25. The highest BCUT2D eigenvalue weighted by Crippen LogP contribution is 2.31. The molecule has 0 bridgehead atoms. The van der Waals surface area contributed by atoms with Gasteiger partial charge in [-0.2, -0.15) is 8.78 Å². The second-order valence-corrected chi connectivity index (χ2v) is 7.80. The van der Waals surface area contributed by atoms with Gasteiger partial charge in [-0.15, -0.1) is 11.3 Å². The van der Waals surface area contributed by atoms with Crippen LogP contribution in [0.3, 0.4) is 0 Å². The summed E-state index contributed by atoms with van der Waals surface area (Å²) in [4.78, 5) is 29.4. The first-order chi connectivity index (χ1) is 15.8. The molecule has 2 N–H and O–H groups in total. The van der Waals surface area contributed by atoms with E-state index in [1.807, 2.05) is 35.6 Å². The summed E-state index contributed by atoms with van der Waals surface area (Å²) in [5.41, 5.74) is 0.400. The maximum absolute atomic E-state index is 14.6. The largest absolute Gasteiger partial charge is 0.350 e. The van der Waals surface area contributed by atoms with Crippen molar-refractivity contribution in [3.8, 4) is 11.3 Å². The van der Waals surface area contributed by atoms with Crippen molar-refractivity contribution in [1.82, 2.24) is 4.98 Å². The van der Waals surface area contributed by atoms with E-state index < -0.39 is 29.1 Å². The minimum atomic E-state index is -3.89. The molecule has 4 rings (SSSR count). The summed E-state index contributed by atoms with van der Waals surface area (Å²) >= 11 is 1.17. The highest BCUT2D eigenvalue weighted by molar-refractivity contribution is 7.14. The van der Waals surface area contributed by atoms with Crippen LogP contribution in [0.15, 0.2) is 84.2 Å². The molecule has 2 amide bonds. The number of hydrogen-bond acceptors (Lipinski definition) is 4. The number of aromatic nitrogens is 1. The lowest BCUT2D eigenvalue weighted by molar-refractivity contribution is -0.140. The summed E-state index contributed by atoms with van der Waals surface area (Å²) in [7, 11) is 0. The van der Waals surface area contributed by atoms with Crippen LogP contribution in [0.1, 0.15) is 15.9 Å². The van der Waals surface area contributed by atoms with Gasteiger partial charge in [0.15, 0.2) is 5.13 Å². The first-order valence-electron chi connectivity index (χ1n) is 9.71. The van der Waals surface area contributed by atoms with Crippen LogP contribution < -0.4 is 10.6 Å². The van der Waals surface area contributed by atoms with Crippen LogP contribution >= 0.6 is 11.3 Å². The molecule has 0 radical (unpaired) electrons. The lowest BCUT2D eigenvalue weighted by Crippen LogP contribution is -2.33. The van der Waals surface area contributed by atoms with Crippen LogP contribution in [-0.2, 0) is 10.7 Å². The molecule has 0 aliphatic heterocycles. The van der Waals surface area contributed by atoms with Gasteiger partial charge in [0.2, 0.25) is 0 Å². The van der Waals surface area contributed by atoms with Crippen LogP contribution in [0.25, 0.3) is 11.3 Å². The minimum Gasteiger partial charge on any atom is -0.320 e. The number of anilines is 2. The molecular weight excluding hydrogens is 451 g/mol. The van der Waals surface area contributed by atoms with Gasteiger partial charge in [0.05, 0.1) is 16.9 Å². The summed E-state index contributed by atoms with van der Waals surface area (Å²) in [6, 6.07) is 18.7. The molecule has 1 aromatic heterocycles. The summed E-state index contributed by atoms with van der Waals surface area (Å²) < 4.78 is 42.9. The molecular formula is C24H16F3N3O2S. The Bertz CT molecular complexity index is 1290. The first-order valence-corrected chi connectivity index (χ1v) is 10.6. The molecule has 0 aliphatic rings. The molecule has 166 valence electrons. The number of amides is 2. The fraction of sp³-hybridized carbons (Fsp3) is 0.0417.